The van der Waals surface area contributed by atoms with Crippen LogP contribution >= 0.6 is 0 Å². The van der Waals surface area contributed by atoms with E-state index < -0.39 is 24.8 Å². The number of aliphatic hydroxyl groups is 3. The number of carbonyl (C=O) groups is 1. The van der Waals surface area contributed by atoms with Crippen molar-refractivity contribution in [1.82, 2.24) is 0 Å². The van der Waals surface area contributed by atoms with E-state index in [1.807, 2.05) is 0 Å². The van der Waals surface area contributed by atoms with E-state index in [0.717, 1.165) is 0 Å². The van der Waals surface area contributed by atoms with Crippen LogP contribution in [0.2, 0.25) is 0 Å². The minimum atomic E-state index is -1.89. The van der Waals surface area contributed by atoms with Crippen molar-refractivity contribution in [2.24, 2.45) is 0 Å². The fourth-order valence-electron chi connectivity index (χ4n) is 0.264. The second-order valence-corrected chi connectivity index (χ2v) is 1.53. The zero-order valence-corrected chi connectivity index (χ0v) is 8.74. The number of carboxylic acid groups (broad SMARTS) is 1. The minimum Gasteiger partial charge on any atom is -1.00 e. The smallest absolute Gasteiger partial charge is 1.00 e. The fraction of sp³-hybridized carbons (Fsp3) is 0.750. The molecule has 5 nitrogen and oxygen atoms in total. The second-order valence-electron chi connectivity index (χ2n) is 1.53. The Bertz CT molecular complexity index is 114. The van der Waals surface area contributed by atoms with Crippen LogP contribution in [0.5, 0.6) is 0 Å². The Labute approximate surface area is 97.5 Å². The normalized spacial score (nSPS) is 15.1. The summed E-state index contributed by atoms with van der Waals surface area (Å²) in [5.74, 6) is -1.54. The summed E-state index contributed by atoms with van der Waals surface area (Å²) < 4.78 is 0. The first-order valence-corrected chi connectivity index (χ1v) is 2.29. The van der Waals surface area contributed by atoms with Gasteiger partial charge in [-0.25, -0.2) is 4.79 Å². The monoisotopic (exact) mass is 226 g/mol. The van der Waals surface area contributed by atoms with Crippen LogP contribution in [0, 0.1) is 0 Å². The van der Waals surface area contributed by atoms with Crippen molar-refractivity contribution >= 4 is 51.5 Å². The zero-order chi connectivity index (χ0) is 7.44. The molecule has 0 aliphatic rings. The van der Waals surface area contributed by atoms with E-state index in [1.165, 1.54) is 0 Å². The van der Waals surface area contributed by atoms with Crippen molar-refractivity contribution in [1.29, 1.82) is 0 Å². The van der Waals surface area contributed by atoms with Crippen molar-refractivity contribution in [2.45, 2.75) is 12.2 Å². The summed E-state index contributed by atoms with van der Waals surface area (Å²) in [5, 5.41) is 32.8. The van der Waals surface area contributed by atoms with Gasteiger partial charge in [-0.05, 0) is 0 Å². The molecule has 0 saturated heterocycles. The van der Waals surface area contributed by atoms with Crippen molar-refractivity contribution in [3.8, 4) is 0 Å². The van der Waals surface area contributed by atoms with E-state index in [1.54, 1.807) is 0 Å². The van der Waals surface area contributed by atoms with Crippen molar-refractivity contribution in [2.75, 3.05) is 6.61 Å². The first kappa shape index (κ1) is 13.4. The average molecular weight is 226 g/mol. The van der Waals surface area contributed by atoms with E-state index >= 15 is 0 Å². The molecule has 0 rings (SSSR count). The second kappa shape index (κ2) is 6.54. The molecular weight excluding hydrogens is 216 g/mol. The first-order valence-electron chi connectivity index (χ1n) is 2.29. The largest absolute Gasteiger partial charge is 2.00 e. The SMILES string of the molecule is O=C(O)C(O)C(O)CO.[H-].[H-].[Sr+2]. The van der Waals surface area contributed by atoms with E-state index in [2.05, 4.69) is 0 Å². The number of hydrogen-bond acceptors (Lipinski definition) is 4. The Morgan fingerprint density at radius 3 is 2.00 bits per heavy atom. The molecule has 0 aliphatic heterocycles. The number of hydrogen-bond donors (Lipinski definition) is 4. The third kappa shape index (κ3) is 4.62. The van der Waals surface area contributed by atoms with Crippen molar-refractivity contribution < 1.29 is 28.1 Å². The molecule has 0 amide bonds. The molecule has 0 saturated carbocycles. The van der Waals surface area contributed by atoms with Gasteiger partial charge in [0.15, 0.2) is 6.10 Å². The third-order valence-corrected chi connectivity index (χ3v) is 0.805. The van der Waals surface area contributed by atoms with E-state index in [9.17, 15) is 4.79 Å². The van der Waals surface area contributed by atoms with Crippen LogP contribution in [0.25, 0.3) is 0 Å². The summed E-state index contributed by atoms with van der Waals surface area (Å²) >= 11 is 0. The Morgan fingerprint density at radius 2 is 1.90 bits per heavy atom. The van der Waals surface area contributed by atoms with Gasteiger partial charge in [0, 0.05) is 0 Å². The van der Waals surface area contributed by atoms with Crippen LogP contribution in [0.3, 0.4) is 0 Å². The Kier molecular flexibility index (Phi) is 8.77. The molecule has 0 aromatic rings. The average Bonchev–Trinajstić information content (AvgIpc) is 1.84. The number of aliphatic carboxylic acids is 1. The Hall–Kier alpha value is 0.831. The van der Waals surface area contributed by atoms with Gasteiger partial charge in [0.25, 0.3) is 0 Å². The minimum absolute atomic E-state index is 0. The summed E-state index contributed by atoms with van der Waals surface area (Å²) in [7, 11) is 0. The van der Waals surface area contributed by atoms with Gasteiger partial charge >= 0.3 is 51.5 Å². The topological polar surface area (TPSA) is 98.0 Å². The van der Waals surface area contributed by atoms with Gasteiger partial charge in [0.2, 0.25) is 0 Å². The van der Waals surface area contributed by atoms with Crippen LogP contribution in [0.1, 0.15) is 2.85 Å². The molecule has 58 valence electrons. The molecule has 0 bridgehead atoms. The standard InChI is InChI=1S/C4H8O5.Sr.2H/c5-1-2(6)3(7)4(8)9;;;/h2-3,5-7H,1H2,(H,8,9);;;/q;+2;2*-1. The molecule has 0 radical (unpaired) electrons. The molecule has 0 aromatic heterocycles. The summed E-state index contributed by atoms with van der Waals surface area (Å²) in [6.45, 7) is -0.756. The molecule has 0 fully saturated rings. The Balaban J connectivity index is -0.000000107. The number of carboxylic acids is 1. The molecular formula is C4H10O5Sr. The Morgan fingerprint density at radius 1 is 1.50 bits per heavy atom. The summed E-state index contributed by atoms with van der Waals surface area (Å²) in [6.07, 6.45) is -3.49. The van der Waals surface area contributed by atoms with Crippen LogP contribution in [0.15, 0.2) is 0 Å². The maximum absolute atomic E-state index is 9.78. The van der Waals surface area contributed by atoms with E-state index in [4.69, 9.17) is 20.4 Å². The van der Waals surface area contributed by atoms with Crippen molar-refractivity contribution in [3.63, 3.8) is 0 Å². The van der Waals surface area contributed by atoms with Crippen LogP contribution in [-0.4, -0.2) is 90.7 Å². The maximum atomic E-state index is 9.78. The van der Waals surface area contributed by atoms with Crippen LogP contribution in [0.4, 0.5) is 0 Å². The molecule has 0 heterocycles. The van der Waals surface area contributed by atoms with Gasteiger partial charge in [-0.1, -0.05) is 0 Å². The predicted molar refractivity (Wildman–Crippen MR) is 34.7 cm³/mol. The van der Waals surface area contributed by atoms with Gasteiger partial charge in [-0.3, -0.25) is 0 Å². The molecule has 4 N–H and O–H groups in total. The summed E-state index contributed by atoms with van der Waals surface area (Å²) in [6, 6.07) is 0. The van der Waals surface area contributed by atoms with E-state index in [0.29, 0.717) is 0 Å². The first-order chi connectivity index (χ1) is 4.09. The predicted octanol–water partition coefficient (Wildman–Crippen LogP) is -2.37. The molecule has 2 atom stereocenters. The van der Waals surface area contributed by atoms with Gasteiger partial charge in [0.05, 0.1) is 6.61 Å². The van der Waals surface area contributed by atoms with Gasteiger partial charge in [-0.2, -0.15) is 0 Å². The van der Waals surface area contributed by atoms with Crippen molar-refractivity contribution in [3.05, 3.63) is 0 Å². The van der Waals surface area contributed by atoms with Gasteiger partial charge in [-0.15, -0.1) is 0 Å². The molecule has 0 spiro atoms. The number of aliphatic hydroxyl groups excluding tert-OH is 3. The van der Waals surface area contributed by atoms with Gasteiger partial charge in [0.1, 0.15) is 6.10 Å². The number of rotatable bonds is 3. The summed E-state index contributed by atoms with van der Waals surface area (Å²) in [5.41, 5.74) is 0. The molecule has 0 aliphatic carbocycles. The van der Waals surface area contributed by atoms with Gasteiger partial charge < -0.3 is 23.3 Å². The van der Waals surface area contributed by atoms with Crippen LogP contribution < -0.4 is 0 Å². The van der Waals surface area contributed by atoms with E-state index in [-0.39, 0.29) is 48.3 Å². The molecule has 0 aromatic carbocycles. The maximum Gasteiger partial charge on any atom is 2.00 e. The molecule has 10 heavy (non-hydrogen) atoms. The van der Waals surface area contributed by atoms with Crippen LogP contribution in [-0.2, 0) is 4.79 Å². The third-order valence-electron chi connectivity index (χ3n) is 0.805. The summed E-state index contributed by atoms with van der Waals surface area (Å²) in [4.78, 5) is 9.78. The fourth-order valence-corrected chi connectivity index (χ4v) is 0.264. The molecule has 2 unspecified atom stereocenters. The molecule has 6 heteroatoms. The zero-order valence-electron chi connectivity index (χ0n) is 7.27. The quantitative estimate of drug-likeness (QED) is 0.403.